The van der Waals surface area contributed by atoms with Gasteiger partial charge in [0, 0.05) is 11.7 Å². The molecule has 0 saturated heterocycles. The number of hydrogen-bond acceptors (Lipinski definition) is 3. The van der Waals surface area contributed by atoms with Crippen LogP contribution in [0.1, 0.15) is 22.1 Å². The van der Waals surface area contributed by atoms with Crippen LogP contribution >= 0.6 is 0 Å². The van der Waals surface area contributed by atoms with Crippen molar-refractivity contribution in [3.8, 4) is 0 Å². The Kier molecular flexibility index (Phi) is 4.34. The largest absolute Gasteiger partial charge is 0.479 e. The van der Waals surface area contributed by atoms with Crippen molar-refractivity contribution in [3.63, 3.8) is 0 Å². The van der Waals surface area contributed by atoms with Crippen molar-refractivity contribution in [2.45, 2.75) is 6.04 Å². The number of pyridine rings is 1. The van der Waals surface area contributed by atoms with Crippen molar-refractivity contribution >= 4 is 33.7 Å². The van der Waals surface area contributed by atoms with E-state index in [0.29, 0.717) is 27.7 Å². The molecular formula is C20H11F3N2O5. The fraction of sp³-hybridized carbons (Fsp3) is 0.0500. The zero-order valence-corrected chi connectivity index (χ0v) is 14.8. The molecule has 7 nitrogen and oxygen atoms in total. The van der Waals surface area contributed by atoms with E-state index in [2.05, 4.69) is 4.98 Å². The van der Waals surface area contributed by atoms with Crippen molar-refractivity contribution < 1.29 is 33.0 Å². The third-order valence-corrected chi connectivity index (χ3v) is 4.74. The molecule has 1 atom stereocenters. The second kappa shape index (κ2) is 6.76. The third kappa shape index (κ3) is 2.81. The zero-order chi connectivity index (χ0) is 21.7. The molecule has 1 unspecified atom stereocenters. The van der Waals surface area contributed by atoms with Crippen LogP contribution in [0, 0.1) is 17.5 Å². The maximum absolute atomic E-state index is 14.7. The maximum Gasteiger partial charge on any atom is 0.341 e. The minimum atomic E-state index is -1.92. The van der Waals surface area contributed by atoms with Gasteiger partial charge in [0.05, 0.1) is 16.6 Å². The molecule has 2 heterocycles. The van der Waals surface area contributed by atoms with E-state index in [1.54, 1.807) is 24.3 Å². The number of H-pyrrole nitrogens is 1. The first-order valence-electron chi connectivity index (χ1n) is 8.46. The first-order chi connectivity index (χ1) is 14.2. The molecule has 10 heteroatoms. The number of aromatic nitrogens is 2. The Morgan fingerprint density at radius 2 is 1.73 bits per heavy atom. The van der Waals surface area contributed by atoms with Crippen molar-refractivity contribution in [2.75, 3.05) is 0 Å². The molecule has 0 fully saturated rings. The summed E-state index contributed by atoms with van der Waals surface area (Å²) in [5.41, 5.74) is -2.51. The monoisotopic (exact) mass is 416 g/mol. The number of halogens is 3. The van der Waals surface area contributed by atoms with Gasteiger partial charge in [-0.05, 0) is 23.6 Å². The second-order valence-electron chi connectivity index (χ2n) is 6.52. The molecule has 4 rings (SSSR count). The van der Waals surface area contributed by atoms with Gasteiger partial charge in [-0.25, -0.2) is 22.8 Å². The summed E-state index contributed by atoms with van der Waals surface area (Å²) >= 11 is 0. The average Bonchev–Trinajstić information content (AvgIpc) is 3.11. The Bertz CT molecular complexity index is 1390. The summed E-state index contributed by atoms with van der Waals surface area (Å²) in [4.78, 5) is 38.8. The number of carboxylic acid groups (broad SMARTS) is 2. The predicted molar refractivity (Wildman–Crippen MR) is 99.1 cm³/mol. The highest BCUT2D eigenvalue weighted by molar-refractivity contribution is 5.94. The van der Waals surface area contributed by atoms with Gasteiger partial charge in [0.25, 0.3) is 0 Å². The van der Waals surface area contributed by atoms with Crippen molar-refractivity contribution in [1.29, 1.82) is 0 Å². The lowest BCUT2D eigenvalue weighted by Gasteiger charge is -2.19. The summed E-state index contributed by atoms with van der Waals surface area (Å²) < 4.78 is 42.9. The van der Waals surface area contributed by atoms with Crippen molar-refractivity contribution in [1.82, 2.24) is 9.55 Å². The van der Waals surface area contributed by atoms with E-state index in [1.165, 1.54) is 6.07 Å². The van der Waals surface area contributed by atoms with Crippen LogP contribution in [0.4, 0.5) is 13.2 Å². The van der Waals surface area contributed by atoms with Gasteiger partial charge in [-0.3, -0.25) is 4.79 Å². The second-order valence-corrected chi connectivity index (χ2v) is 6.52. The standard InChI is InChI=1S/C20H11F3N2O5/c21-11-6-9-16(15(23)14(11)22)25(7-10(18(9)26)19(27)28)17(20(29)30)13-5-8-3-1-2-4-12(8)24-13/h1-7,17,24H,(H,27,28)(H,29,30). The maximum atomic E-state index is 14.7. The van der Waals surface area contributed by atoms with Gasteiger partial charge in [0.2, 0.25) is 5.43 Å². The molecule has 2 aromatic heterocycles. The van der Waals surface area contributed by atoms with E-state index in [0.717, 1.165) is 0 Å². The molecular weight excluding hydrogens is 405 g/mol. The lowest BCUT2D eigenvalue weighted by atomic mass is 10.1. The van der Waals surface area contributed by atoms with Gasteiger partial charge < -0.3 is 19.8 Å². The fourth-order valence-electron chi connectivity index (χ4n) is 3.42. The Morgan fingerprint density at radius 1 is 1.03 bits per heavy atom. The quantitative estimate of drug-likeness (QED) is 0.442. The number of carboxylic acids is 2. The molecule has 0 aliphatic carbocycles. The number of nitrogens with zero attached hydrogens (tertiary/aromatic N) is 1. The number of aliphatic carboxylic acids is 1. The number of nitrogens with one attached hydrogen (secondary N) is 1. The van der Waals surface area contributed by atoms with Gasteiger partial charge in [-0.1, -0.05) is 18.2 Å². The van der Waals surface area contributed by atoms with E-state index in [1.807, 2.05) is 0 Å². The third-order valence-electron chi connectivity index (χ3n) is 4.74. The number of fused-ring (bicyclic) bond motifs is 2. The molecule has 3 N–H and O–H groups in total. The molecule has 0 radical (unpaired) electrons. The summed E-state index contributed by atoms with van der Waals surface area (Å²) in [7, 11) is 0. The van der Waals surface area contributed by atoms with E-state index in [-0.39, 0.29) is 5.69 Å². The lowest BCUT2D eigenvalue weighted by molar-refractivity contribution is -0.139. The summed E-state index contributed by atoms with van der Waals surface area (Å²) in [6, 6.07) is 6.74. The SMILES string of the molecule is O=C(O)c1cn(C(C(=O)O)c2cc3ccccc3[nH]2)c2c(F)c(F)c(F)cc2c1=O. The number of para-hydroxylation sites is 1. The van der Waals surface area contributed by atoms with E-state index >= 15 is 0 Å². The van der Waals surface area contributed by atoms with Crippen LogP contribution in [0.25, 0.3) is 21.8 Å². The van der Waals surface area contributed by atoms with Gasteiger partial charge in [0.1, 0.15) is 5.56 Å². The molecule has 2 aromatic carbocycles. The van der Waals surface area contributed by atoms with Crippen LogP contribution in [0.15, 0.2) is 47.4 Å². The van der Waals surface area contributed by atoms with Crippen LogP contribution in [0.3, 0.4) is 0 Å². The van der Waals surface area contributed by atoms with Crippen LogP contribution in [0.2, 0.25) is 0 Å². The van der Waals surface area contributed by atoms with Crippen molar-refractivity contribution in [2.24, 2.45) is 0 Å². The number of carbonyl (C=O) groups is 2. The Labute approximate surface area is 164 Å². The van der Waals surface area contributed by atoms with E-state index < -0.39 is 57.3 Å². The Balaban J connectivity index is 2.14. The summed E-state index contributed by atoms with van der Waals surface area (Å²) in [5, 5.41) is 19.0. The molecule has 4 aromatic rings. The minimum Gasteiger partial charge on any atom is -0.479 e. The smallest absolute Gasteiger partial charge is 0.341 e. The summed E-state index contributed by atoms with van der Waals surface area (Å²) in [5.74, 6) is -8.71. The lowest BCUT2D eigenvalue weighted by Crippen LogP contribution is -2.27. The van der Waals surface area contributed by atoms with Gasteiger partial charge in [-0.2, -0.15) is 0 Å². The summed E-state index contributed by atoms with van der Waals surface area (Å²) in [6.07, 6.45) is 0.609. The molecule has 0 spiro atoms. The van der Waals surface area contributed by atoms with Gasteiger partial charge >= 0.3 is 11.9 Å². The van der Waals surface area contributed by atoms with Crippen LogP contribution in [0.5, 0.6) is 0 Å². The van der Waals surface area contributed by atoms with Crippen molar-refractivity contribution in [3.05, 3.63) is 81.5 Å². The first kappa shape index (κ1) is 19.2. The molecule has 0 bridgehead atoms. The zero-order valence-electron chi connectivity index (χ0n) is 14.8. The summed E-state index contributed by atoms with van der Waals surface area (Å²) in [6.45, 7) is 0. The number of benzene rings is 2. The highest BCUT2D eigenvalue weighted by Gasteiger charge is 2.30. The Morgan fingerprint density at radius 3 is 2.37 bits per heavy atom. The Hall–Kier alpha value is -4.08. The number of rotatable bonds is 4. The number of aromatic amines is 1. The van der Waals surface area contributed by atoms with E-state index in [9.17, 15) is 37.8 Å². The van der Waals surface area contributed by atoms with Crippen LogP contribution < -0.4 is 5.43 Å². The molecule has 30 heavy (non-hydrogen) atoms. The molecule has 0 saturated carbocycles. The predicted octanol–water partition coefficient (Wildman–Crippen LogP) is 3.27. The number of hydrogen-bond donors (Lipinski definition) is 3. The molecule has 152 valence electrons. The van der Waals surface area contributed by atoms with Gasteiger partial charge in [0.15, 0.2) is 23.5 Å². The van der Waals surface area contributed by atoms with Crippen LogP contribution in [-0.4, -0.2) is 31.7 Å². The van der Waals surface area contributed by atoms with Gasteiger partial charge in [-0.15, -0.1) is 0 Å². The fourth-order valence-corrected chi connectivity index (χ4v) is 3.42. The molecule has 0 aliphatic heterocycles. The topological polar surface area (TPSA) is 112 Å². The molecule has 0 aliphatic rings. The minimum absolute atomic E-state index is 0.00845. The van der Waals surface area contributed by atoms with Crippen LogP contribution in [-0.2, 0) is 4.79 Å². The molecule has 0 amide bonds. The average molecular weight is 416 g/mol. The highest BCUT2D eigenvalue weighted by Crippen LogP contribution is 2.29. The van der Waals surface area contributed by atoms with E-state index in [4.69, 9.17) is 0 Å². The first-order valence-corrected chi connectivity index (χ1v) is 8.46. The number of aromatic carboxylic acids is 1. The highest BCUT2D eigenvalue weighted by atomic mass is 19.2. The normalized spacial score (nSPS) is 12.4.